The lowest BCUT2D eigenvalue weighted by molar-refractivity contribution is -0.167. The summed E-state index contributed by atoms with van der Waals surface area (Å²) in [7, 11) is 0. The molecule has 0 aliphatic carbocycles. The summed E-state index contributed by atoms with van der Waals surface area (Å²) in [4.78, 5) is 37.8. The molecule has 0 saturated heterocycles. The molecule has 326 valence electrons. The van der Waals surface area contributed by atoms with Gasteiger partial charge in [0, 0.05) is 19.3 Å². The first-order valence-electron chi connectivity index (χ1n) is 24.2. The number of esters is 3. The van der Waals surface area contributed by atoms with Crippen molar-refractivity contribution in [3.05, 3.63) is 0 Å². The topological polar surface area (TPSA) is 78.9 Å². The number of carbonyl (C=O) groups is 3. The second-order valence-electron chi connectivity index (χ2n) is 17.7. The van der Waals surface area contributed by atoms with Gasteiger partial charge in [-0.25, -0.2) is 0 Å². The van der Waals surface area contributed by atoms with Crippen LogP contribution < -0.4 is 0 Å². The van der Waals surface area contributed by atoms with E-state index in [0.717, 1.165) is 69.6 Å². The van der Waals surface area contributed by atoms with Gasteiger partial charge in [-0.1, -0.05) is 227 Å². The van der Waals surface area contributed by atoms with Crippen LogP contribution in [0.15, 0.2) is 0 Å². The molecule has 0 rings (SSSR count). The number of hydrogen-bond acceptors (Lipinski definition) is 6. The highest BCUT2D eigenvalue weighted by molar-refractivity contribution is 5.71. The molecule has 1 atom stereocenters. The zero-order valence-corrected chi connectivity index (χ0v) is 37.6. The molecule has 0 N–H and O–H groups in total. The fraction of sp³-hybridized carbons (Fsp3) is 0.939. The van der Waals surface area contributed by atoms with Gasteiger partial charge in [-0.05, 0) is 31.1 Å². The van der Waals surface area contributed by atoms with E-state index in [9.17, 15) is 14.4 Å². The van der Waals surface area contributed by atoms with E-state index in [1.807, 2.05) is 0 Å². The van der Waals surface area contributed by atoms with Gasteiger partial charge in [0.15, 0.2) is 6.10 Å². The zero-order chi connectivity index (χ0) is 40.5. The first-order valence-corrected chi connectivity index (χ1v) is 24.2. The number of carbonyl (C=O) groups excluding carboxylic acids is 3. The summed E-state index contributed by atoms with van der Waals surface area (Å²) >= 11 is 0. The van der Waals surface area contributed by atoms with Crippen LogP contribution in [0.25, 0.3) is 0 Å². The highest BCUT2D eigenvalue weighted by Gasteiger charge is 2.19. The summed E-state index contributed by atoms with van der Waals surface area (Å²) in [5, 5.41) is 0. The van der Waals surface area contributed by atoms with Gasteiger partial charge in [-0.15, -0.1) is 0 Å². The molecular formula is C49H94O6. The van der Waals surface area contributed by atoms with Crippen LogP contribution in [0.1, 0.15) is 266 Å². The van der Waals surface area contributed by atoms with Gasteiger partial charge >= 0.3 is 17.9 Å². The quantitative estimate of drug-likeness (QED) is 0.0348. The summed E-state index contributed by atoms with van der Waals surface area (Å²) in [6, 6.07) is 0. The molecular weight excluding hydrogens is 685 g/mol. The third-order valence-corrected chi connectivity index (χ3v) is 11.0. The van der Waals surface area contributed by atoms with Crippen molar-refractivity contribution in [1.29, 1.82) is 0 Å². The molecule has 0 aromatic rings. The highest BCUT2D eigenvalue weighted by atomic mass is 16.6. The largest absolute Gasteiger partial charge is 0.462 e. The average Bonchev–Trinajstić information content (AvgIpc) is 3.15. The molecule has 55 heavy (non-hydrogen) atoms. The van der Waals surface area contributed by atoms with Gasteiger partial charge in [0.2, 0.25) is 0 Å². The van der Waals surface area contributed by atoms with Crippen molar-refractivity contribution < 1.29 is 28.6 Å². The standard InChI is InChI=1S/C49H94O6/c1-6-7-8-9-10-11-12-13-14-15-16-17-18-24-29-34-39-47(50)53-42-46(55-49(52)41-36-31-26-21-23-28-33-38-45(4)5)43-54-48(51)40-35-30-25-20-19-22-27-32-37-44(2)3/h44-46H,6-43H2,1-5H3/t46-/m1/s1. The van der Waals surface area contributed by atoms with Crippen molar-refractivity contribution in [2.24, 2.45) is 11.8 Å². The van der Waals surface area contributed by atoms with Crippen molar-refractivity contribution in [1.82, 2.24) is 0 Å². The summed E-state index contributed by atoms with van der Waals surface area (Å²) in [5.41, 5.74) is 0. The van der Waals surface area contributed by atoms with Crippen molar-refractivity contribution in [2.75, 3.05) is 13.2 Å². The Labute approximate surface area is 342 Å². The first kappa shape index (κ1) is 53.4. The lowest BCUT2D eigenvalue weighted by Crippen LogP contribution is -2.30. The van der Waals surface area contributed by atoms with E-state index in [1.165, 1.54) is 154 Å². The third kappa shape index (κ3) is 43.4. The van der Waals surface area contributed by atoms with Crippen LogP contribution in [-0.4, -0.2) is 37.2 Å². The SMILES string of the molecule is CCCCCCCCCCCCCCCCCCC(=O)OC[C@H](COC(=O)CCCCCCCCCCC(C)C)OC(=O)CCCCCCCCCC(C)C. The van der Waals surface area contributed by atoms with Crippen LogP contribution in [0.3, 0.4) is 0 Å². The van der Waals surface area contributed by atoms with Gasteiger partial charge in [-0.3, -0.25) is 14.4 Å². The number of ether oxygens (including phenoxy) is 3. The Morgan fingerprint density at radius 1 is 0.345 bits per heavy atom. The molecule has 0 bridgehead atoms. The van der Waals surface area contributed by atoms with Crippen LogP contribution in [0.5, 0.6) is 0 Å². The Morgan fingerprint density at radius 3 is 0.891 bits per heavy atom. The molecule has 6 nitrogen and oxygen atoms in total. The van der Waals surface area contributed by atoms with E-state index in [1.54, 1.807) is 0 Å². The zero-order valence-electron chi connectivity index (χ0n) is 37.6. The van der Waals surface area contributed by atoms with E-state index in [4.69, 9.17) is 14.2 Å². The molecule has 0 fully saturated rings. The van der Waals surface area contributed by atoms with E-state index < -0.39 is 6.10 Å². The first-order chi connectivity index (χ1) is 26.7. The number of hydrogen-bond donors (Lipinski definition) is 0. The number of unbranched alkanes of at least 4 members (excludes halogenated alkanes) is 28. The van der Waals surface area contributed by atoms with Crippen molar-refractivity contribution >= 4 is 17.9 Å². The van der Waals surface area contributed by atoms with E-state index >= 15 is 0 Å². The van der Waals surface area contributed by atoms with Gasteiger partial charge < -0.3 is 14.2 Å². The lowest BCUT2D eigenvalue weighted by atomic mass is 10.0. The van der Waals surface area contributed by atoms with Crippen molar-refractivity contribution in [3.8, 4) is 0 Å². The Morgan fingerprint density at radius 2 is 0.600 bits per heavy atom. The molecule has 0 aliphatic rings. The van der Waals surface area contributed by atoms with Gasteiger partial charge in [0.25, 0.3) is 0 Å². The van der Waals surface area contributed by atoms with Crippen molar-refractivity contribution in [3.63, 3.8) is 0 Å². The van der Waals surface area contributed by atoms with Crippen LogP contribution in [0, 0.1) is 11.8 Å². The minimum absolute atomic E-state index is 0.0652. The molecule has 0 aromatic carbocycles. The van der Waals surface area contributed by atoms with Crippen LogP contribution in [0.2, 0.25) is 0 Å². The average molecular weight is 779 g/mol. The maximum Gasteiger partial charge on any atom is 0.306 e. The summed E-state index contributed by atoms with van der Waals surface area (Å²) < 4.78 is 16.7. The van der Waals surface area contributed by atoms with Gasteiger partial charge in [0.05, 0.1) is 0 Å². The van der Waals surface area contributed by atoms with E-state index in [0.29, 0.717) is 19.3 Å². The maximum atomic E-state index is 12.7. The summed E-state index contributed by atoms with van der Waals surface area (Å²) in [6.07, 6.45) is 41.0. The minimum Gasteiger partial charge on any atom is -0.462 e. The molecule has 0 saturated carbocycles. The van der Waals surface area contributed by atoms with Crippen LogP contribution in [-0.2, 0) is 28.6 Å². The Bertz CT molecular complexity index is 839. The fourth-order valence-corrected chi connectivity index (χ4v) is 7.28. The summed E-state index contributed by atoms with van der Waals surface area (Å²) in [5.74, 6) is 0.716. The molecule has 0 radical (unpaired) electrons. The Kier molecular flexibility index (Phi) is 40.8. The van der Waals surface area contributed by atoms with Crippen LogP contribution >= 0.6 is 0 Å². The van der Waals surface area contributed by atoms with Crippen molar-refractivity contribution in [2.45, 2.75) is 272 Å². The highest BCUT2D eigenvalue weighted by Crippen LogP contribution is 2.17. The Hall–Kier alpha value is -1.59. The molecule has 6 heteroatoms. The van der Waals surface area contributed by atoms with E-state index in [-0.39, 0.29) is 31.1 Å². The molecule has 0 unspecified atom stereocenters. The Balaban J connectivity index is 4.28. The molecule has 0 aliphatic heterocycles. The van der Waals surface area contributed by atoms with E-state index in [2.05, 4.69) is 34.6 Å². The molecule has 0 heterocycles. The van der Waals surface area contributed by atoms with Gasteiger partial charge in [-0.2, -0.15) is 0 Å². The molecule has 0 spiro atoms. The fourth-order valence-electron chi connectivity index (χ4n) is 7.28. The number of rotatable bonds is 43. The second-order valence-corrected chi connectivity index (χ2v) is 17.7. The predicted molar refractivity (Wildman–Crippen MR) is 233 cm³/mol. The summed E-state index contributed by atoms with van der Waals surface area (Å²) in [6.45, 7) is 11.3. The molecule has 0 amide bonds. The minimum atomic E-state index is -0.761. The molecule has 0 aromatic heterocycles. The van der Waals surface area contributed by atoms with Gasteiger partial charge in [0.1, 0.15) is 13.2 Å². The maximum absolute atomic E-state index is 12.7. The third-order valence-electron chi connectivity index (χ3n) is 11.0. The normalized spacial score (nSPS) is 12.1. The predicted octanol–water partition coefficient (Wildman–Crippen LogP) is 15.4. The lowest BCUT2D eigenvalue weighted by Gasteiger charge is -2.18. The monoisotopic (exact) mass is 779 g/mol. The smallest absolute Gasteiger partial charge is 0.306 e. The van der Waals surface area contributed by atoms with Crippen LogP contribution in [0.4, 0.5) is 0 Å². The second kappa shape index (κ2) is 42.0.